The molecule has 0 unspecified atom stereocenters. The molecule has 0 spiro atoms. The first-order valence-corrected chi connectivity index (χ1v) is 9.16. The Hall–Kier alpha value is -3.73. The van der Waals surface area contributed by atoms with Crippen molar-refractivity contribution in [2.45, 2.75) is 13.5 Å². The second-order valence-electron chi connectivity index (χ2n) is 6.92. The molecule has 0 radical (unpaired) electrons. The number of anilines is 1. The number of carboxylic acids is 1. The molecule has 0 aliphatic carbocycles. The molecule has 0 fully saturated rings. The van der Waals surface area contributed by atoms with E-state index in [1.54, 1.807) is 35.2 Å². The van der Waals surface area contributed by atoms with E-state index in [1.807, 2.05) is 31.2 Å². The molecule has 0 bridgehead atoms. The van der Waals surface area contributed by atoms with Crippen molar-refractivity contribution in [2.75, 3.05) is 4.90 Å². The maximum atomic E-state index is 13.3. The topological polar surface area (TPSA) is 57.6 Å². The quantitative estimate of drug-likeness (QED) is 0.641. The Labute approximate surface area is 167 Å². The fraction of sp³-hybridized carbons (Fsp3) is 0.0833. The van der Waals surface area contributed by atoms with Gasteiger partial charge in [0.2, 0.25) is 0 Å². The number of allylic oxidation sites excluding steroid dienone is 1. The van der Waals surface area contributed by atoms with E-state index in [-0.39, 0.29) is 23.8 Å². The Balaban J connectivity index is 1.77. The molecule has 3 aromatic carbocycles. The predicted octanol–water partition coefficient (Wildman–Crippen LogP) is 5.00. The highest BCUT2D eigenvalue weighted by molar-refractivity contribution is 6.37. The number of para-hydroxylation sites is 1. The number of aromatic carboxylic acids is 1. The number of hydrogen-bond acceptors (Lipinski definition) is 2. The lowest BCUT2D eigenvalue weighted by Gasteiger charge is -2.17. The molecule has 5 heteroatoms. The third-order valence-electron chi connectivity index (χ3n) is 5.09. The molecule has 29 heavy (non-hydrogen) atoms. The van der Waals surface area contributed by atoms with E-state index in [1.165, 1.54) is 18.2 Å². The second-order valence-corrected chi connectivity index (χ2v) is 6.92. The largest absolute Gasteiger partial charge is 0.478 e. The highest BCUT2D eigenvalue weighted by Crippen LogP contribution is 2.41. The summed E-state index contributed by atoms with van der Waals surface area (Å²) in [5.74, 6) is -1.49. The van der Waals surface area contributed by atoms with Gasteiger partial charge in [-0.1, -0.05) is 42.5 Å². The summed E-state index contributed by atoms with van der Waals surface area (Å²) in [6.45, 7) is 2.11. The molecule has 0 aromatic heterocycles. The number of carbonyl (C=O) groups is 2. The average molecular weight is 387 g/mol. The third-order valence-corrected chi connectivity index (χ3v) is 5.09. The fourth-order valence-electron chi connectivity index (χ4n) is 3.63. The summed E-state index contributed by atoms with van der Waals surface area (Å²) in [7, 11) is 0. The van der Waals surface area contributed by atoms with Crippen molar-refractivity contribution < 1.29 is 19.1 Å². The van der Waals surface area contributed by atoms with Crippen LogP contribution in [-0.4, -0.2) is 17.0 Å². The summed E-state index contributed by atoms with van der Waals surface area (Å²) < 4.78 is 13.3. The van der Waals surface area contributed by atoms with Crippen molar-refractivity contribution in [1.29, 1.82) is 0 Å². The summed E-state index contributed by atoms with van der Waals surface area (Å²) in [5.41, 5.74) is 4.61. The van der Waals surface area contributed by atoms with E-state index < -0.39 is 5.97 Å². The van der Waals surface area contributed by atoms with Gasteiger partial charge in [0.1, 0.15) is 5.82 Å². The molecule has 1 aliphatic rings. The minimum absolute atomic E-state index is 0.159. The molecule has 1 heterocycles. The molecule has 0 saturated carbocycles. The van der Waals surface area contributed by atoms with Crippen molar-refractivity contribution >= 4 is 28.7 Å². The van der Waals surface area contributed by atoms with Gasteiger partial charge in [0.25, 0.3) is 5.91 Å². The molecule has 144 valence electrons. The summed E-state index contributed by atoms with van der Waals surface area (Å²) >= 11 is 0. The van der Waals surface area contributed by atoms with Gasteiger partial charge < -0.3 is 10.0 Å². The van der Waals surface area contributed by atoms with Crippen molar-refractivity contribution in [3.8, 4) is 0 Å². The minimum atomic E-state index is -1.01. The normalized spacial score (nSPS) is 14.7. The van der Waals surface area contributed by atoms with E-state index in [2.05, 4.69) is 0 Å². The van der Waals surface area contributed by atoms with Crippen molar-refractivity contribution in [2.24, 2.45) is 0 Å². The summed E-state index contributed by atoms with van der Waals surface area (Å²) in [4.78, 5) is 26.3. The van der Waals surface area contributed by atoms with Crippen molar-refractivity contribution in [3.63, 3.8) is 0 Å². The van der Waals surface area contributed by atoms with Gasteiger partial charge in [0.15, 0.2) is 0 Å². The number of halogens is 1. The summed E-state index contributed by atoms with van der Waals surface area (Å²) in [6, 6.07) is 20.1. The molecule has 1 aliphatic heterocycles. The Morgan fingerprint density at radius 1 is 0.966 bits per heavy atom. The van der Waals surface area contributed by atoms with Crippen LogP contribution < -0.4 is 4.90 Å². The smallest absolute Gasteiger partial charge is 0.335 e. The number of fused-ring (bicyclic) bond motifs is 1. The standard InChI is InChI=1S/C24H18FNO3/c1-15(17-9-11-19(25)12-10-17)22-20-7-2-3-8-21(20)26(23(22)27)14-16-5-4-6-18(13-16)24(28)29/h2-13H,14H2,1H3,(H,28,29)/b22-15+. The predicted molar refractivity (Wildman–Crippen MR) is 110 cm³/mol. The minimum Gasteiger partial charge on any atom is -0.478 e. The zero-order valence-corrected chi connectivity index (χ0v) is 15.7. The van der Waals surface area contributed by atoms with Gasteiger partial charge in [-0.25, -0.2) is 9.18 Å². The Morgan fingerprint density at radius 2 is 1.69 bits per heavy atom. The van der Waals surface area contributed by atoms with E-state index in [0.717, 1.165) is 28.0 Å². The maximum Gasteiger partial charge on any atom is 0.335 e. The Kier molecular flexibility index (Phi) is 4.72. The van der Waals surface area contributed by atoms with Crippen LogP contribution in [0.1, 0.15) is 34.0 Å². The van der Waals surface area contributed by atoms with Crippen LogP contribution in [0, 0.1) is 5.82 Å². The third kappa shape index (κ3) is 3.43. The van der Waals surface area contributed by atoms with E-state index in [9.17, 15) is 19.1 Å². The van der Waals surface area contributed by atoms with Crippen LogP contribution in [0.3, 0.4) is 0 Å². The molecular weight excluding hydrogens is 369 g/mol. The Bertz CT molecular complexity index is 1150. The zero-order chi connectivity index (χ0) is 20.5. The second kappa shape index (κ2) is 7.36. The number of carboxylic acid groups (broad SMARTS) is 1. The zero-order valence-electron chi connectivity index (χ0n) is 15.7. The lowest BCUT2D eigenvalue weighted by molar-refractivity contribution is -0.113. The number of nitrogens with zero attached hydrogens (tertiary/aromatic N) is 1. The first kappa shape index (κ1) is 18.6. The SMILES string of the molecule is C/C(=C1\C(=O)N(Cc2cccc(C(=O)O)c2)c2ccccc21)c1ccc(F)cc1. The summed E-state index contributed by atoms with van der Waals surface area (Å²) in [6.07, 6.45) is 0. The van der Waals surface area contributed by atoms with Gasteiger partial charge in [-0.15, -0.1) is 0 Å². The number of carbonyl (C=O) groups excluding carboxylic acids is 1. The summed E-state index contributed by atoms with van der Waals surface area (Å²) in [5, 5.41) is 9.23. The van der Waals surface area contributed by atoms with Crippen molar-refractivity contribution in [1.82, 2.24) is 0 Å². The van der Waals surface area contributed by atoms with Gasteiger partial charge in [-0.05, 0) is 54.0 Å². The van der Waals surface area contributed by atoms with Gasteiger partial charge in [0.05, 0.1) is 23.4 Å². The molecule has 0 atom stereocenters. The van der Waals surface area contributed by atoms with Gasteiger partial charge >= 0.3 is 5.97 Å². The van der Waals surface area contributed by atoms with E-state index in [0.29, 0.717) is 5.57 Å². The first-order valence-electron chi connectivity index (χ1n) is 9.16. The molecule has 1 amide bonds. The van der Waals surface area contributed by atoms with Crippen LogP contribution in [0.4, 0.5) is 10.1 Å². The van der Waals surface area contributed by atoms with Crippen LogP contribution in [0.5, 0.6) is 0 Å². The first-order chi connectivity index (χ1) is 14.0. The van der Waals surface area contributed by atoms with Gasteiger partial charge in [-0.2, -0.15) is 0 Å². The van der Waals surface area contributed by atoms with Gasteiger partial charge in [-0.3, -0.25) is 4.79 Å². The molecule has 0 saturated heterocycles. The van der Waals surface area contributed by atoms with Crippen molar-refractivity contribution in [3.05, 3.63) is 101 Å². The fourth-order valence-corrected chi connectivity index (χ4v) is 3.63. The number of amides is 1. The number of rotatable bonds is 4. The number of hydrogen-bond donors (Lipinski definition) is 1. The van der Waals surface area contributed by atoms with Crippen LogP contribution in [0.25, 0.3) is 11.1 Å². The lowest BCUT2D eigenvalue weighted by atomic mass is 9.97. The molecule has 4 nitrogen and oxygen atoms in total. The lowest BCUT2D eigenvalue weighted by Crippen LogP contribution is -2.26. The van der Waals surface area contributed by atoms with Gasteiger partial charge in [0, 0.05) is 5.56 Å². The Morgan fingerprint density at radius 3 is 2.41 bits per heavy atom. The maximum absolute atomic E-state index is 13.3. The highest BCUT2D eigenvalue weighted by Gasteiger charge is 2.33. The molecular formula is C24H18FNO3. The highest BCUT2D eigenvalue weighted by atomic mass is 19.1. The van der Waals surface area contributed by atoms with Crippen LogP contribution in [0.15, 0.2) is 72.8 Å². The van der Waals surface area contributed by atoms with Crippen LogP contribution >= 0.6 is 0 Å². The van der Waals surface area contributed by atoms with Crippen LogP contribution in [0.2, 0.25) is 0 Å². The molecule has 4 rings (SSSR count). The monoisotopic (exact) mass is 387 g/mol. The molecule has 1 N–H and O–H groups in total. The average Bonchev–Trinajstić information content (AvgIpc) is 3.00. The van der Waals surface area contributed by atoms with E-state index >= 15 is 0 Å². The number of benzene rings is 3. The van der Waals surface area contributed by atoms with Crippen LogP contribution in [-0.2, 0) is 11.3 Å². The molecule has 3 aromatic rings. The van der Waals surface area contributed by atoms with E-state index in [4.69, 9.17) is 0 Å².